The van der Waals surface area contributed by atoms with Crippen LogP contribution < -0.4 is 5.32 Å². The number of carbonyl (C=O) groups is 1. The van der Waals surface area contributed by atoms with Crippen molar-refractivity contribution < 1.29 is 9.90 Å². The van der Waals surface area contributed by atoms with Crippen molar-refractivity contribution in [3.8, 4) is 5.75 Å². The molecule has 0 saturated heterocycles. The van der Waals surface area contributed by atoms with Gasteiger partial charge in [-0.15, -0.1) is 0 Å². The summed E-state index contributed by atoms with van der Waals surface area (Å²) in [4.78, 5) is 11.3. The minimum Gasteiger partial charge on any atom is -0.507 e. The van der Waals surface area contributed by atoms with Crippen molar-refractivity contribution >= 4 is 23.7 Å². The average molecular weight is 295 g/mol. The van der Waals surface area contributed by atoms with Gasteiger partial charge in [-0.05, 0) is 60.4 Å². The standard InChI is InChI=1S/C19H21NO2/c1-4-18(21)20-17-9-7-15(8-10-17)5-6-16-11-13(2)19(22)14(3)12-16/h5-12,22H,4H2,1-3H3,(H,20,21)/b6-5+. The van der Waals surface area contributed by atoms with Crippen molar-refractivity contribution in [2.45, 2.75) is 27.2 Å². The van der Waals surface area contributed by atoms with Crippen molar-refractivity contribution in [1.82, 2.24) is 0 Å². The van der Waals surface area contributed by atoms with E-state index < -0.39 is 0 Å². The van der Waals surface area contributed by atoms with Gasteiger partial charge in [0.1, 0.15) is 5.75 Å². The van der Waals surface area contributed by atoms with Gasteiger partial charge in [-0.1, -0.05) is 31.2 Å². The molecule has 0 aromatic heterocycles. The van der Waals surface area contributed by atoms with Crippen LogP contribution >= 0.6 is 0 Å². The Balaban J connectivity index is 2.12. The van der Waals surface area contributed by atoms with Crippen molar-refractivity contribution in [1.29, 1.82) is 0 Å². The van der Waals surface area contributed by atoms with Crippen molar-refractivity contribution in [2.75, 3.05) is 5.32 Å². The minimum atomic E-state index is 0.0123. The summed E-state index contributed by atoms with van der Waals surface area (Å²) in [5.41, 5.74) is 4.66. The molecule has 0 aliphatic heterocycles. The Hall–Kier alpha value is -2.55. The largest absolute Gasteiger partial charge is 0.507 e. The van der Waals surface area contributed by atoms with Gasteiger partial charge in [-0.25, -0.2) is 0 Å². The number of hydrogen-bond acceptors (Lipinski definition) is 2. The van der Waals surface area contributed by atoms with Crippen LogP contribution in [0.5, 0.6) is 5.75 Å². The molecule has 0 aliphatic carbocycles. The van der Waals surface area contributed by atoms with Crippen LogP contribution in [0.25, 0.3) is 12.2 Å². The maximum Gasteiger partial charge on any atom is 0.224 e. The molecule has 0 bridgehead atoms. The number of phenols is 1. The monoisotopic (exact) mass is 295 g/mol. The third kappa shape index (κ3) is 3.98. The molecule has 0 radical (unpaired) electrons. The molecule has 2 rings (SSSR count). The van der Waals surface area contributed by atoms with Crippen LogP contribution in [-0.4, -0.2) is 11.0 Å². The normalized spacial score (nSPS) is 10.9. The molecule has 1 amide bonds. The first-order chi connectivity index (χ1) is 10.5. The van der Waals surface area contributed by atoms with Gasteiger partial charge in [0, 0.05) is 12.1 Å². The predicted molar refractivity (Wildman–Crippen MR) is 91.9 cm³/mol. The lowest BCUT2D eigenvalue weighted by Crippen LogP contribution is -2.08. The molecule has 0 unspecified atom stereocenters. The number of hydrogen-bond donors (Lipinski definition) is 2. The summed E-state index contributed by atoms with van der Waals surface area (Å²) in [7, 11) is 0. The van der Waals surface area contributed by atoms with Crippen LogP contribution in [0, 0.1) is 13.8 Å². The number of amides is 1. The van der Waals surface area contributed by atoms with Crippen LogP contribution in [0.4, 0.5) is 5.69 Å². The summed E-state index contributed by atoms with van der Waals surface area (Å²) in [6.07, 6.45) is 4.50. The van der Waals surface area contributed by atoms with Crippen molar-refractivity contribution in [3.05, 3.63) is 58.7 Å². The third-order valence-electron chi connectivity index (χ3n) is 3.50. The molecular weight excluding hydrogens is 274 g/mol. The highest BCUT2D eigenvalue weighted by atomic mass is 16.3. The second-order valence-electron chi connectivity index (χ2n) is 5.36. The molecule has 0 fully saturated rings. The van der Waals surface area contributed by atoms with Gasteiger partial charge in [0.25, 0.3) is 0 Å². The van der Waals surface area contributed by atoms with Crippen molar-refractivity contribution in [2.24, 2.45) is 0 Å². The number of aryl methyl sites for hydroxylation is 2. The molecular formula is C19H21NO2. The first-order valence-electron chi connectivity index (χ1n) is 7.38. The Kier molecular flexibility index (Phi) is 4.99. The number of aromatic hydroxyl groups is 1. The first kappa shape index (κ1) is 15.8. The van der Waals surface area contributed by atoms with Gasteiger partial charge < -0.3 is 10.4 Å². The Bertz CT molecular complexity index is 677. The highest BCUT2D eigenvalue weighted by Crippen LogP contribution is 2.24. The Morgan fingerprint density at radius 2 is 1.59 bits per heavy atom. The van der Waals surface area contributed by atoms with Gasteiger partial charge in [-0.2, -0.15) is 0 Å². The number of nitrogens with one attached hydrogen (secondary N) is 1. The molecule has 2 N–H and O–H groups in total. The number of anilines is 1. The topological polar surface area (TPSA) is 49.3 Å². The summed E-state index contributed by atoms with van der Waals surface area (Å²) in [5, 5.41) is 12.6. The van der Waals surface area contributed by atoms with Crippen LogP contribution in [-0.2, 0) is 4.79 Å². The summed E-state index contributed by atoms with van der Waals surface area (Å²) >= 11 is 0. The first-order valence-corrected chi connectivity index (χ1v) is 7.38. The second-order valence-corrected chi connectivity index (χ2v) is 5.36. The molecule has 0 saturated carbocycles. The zero-order valence-corrected chi connectivity index (χ0v) is 13.2. The van der Waals surface area contributed by atoms with Gasteiger partial charge >= 0.3 is 0 Å². The van der Waals surface area contributed by atoms with E-state index in [1.54, 1.807) is 0 Å². The number of carbonyl (C=O) groups excluding carboxylic acids is 1. The molecule has 22 heavy (non-hydrogen) atoms. The van der Waals surface area contributed by atoms with Crippen LogP contribution in [0.3, 0.4) is 0 Å². The van der Waals surface area contributed by atoms with Gasteiger partial charge in [0.15, 0.2) is 0 Å². The van der Waals surface area contributed by atoms with E-state index in [0.717, 1.165) is 27.9 Å². The summed E-state index contributed by atoms with van der Waals surface area (Å²) in [6, 6.07) is 11.6. The highest BCUT2D eigenvalue weighted by Gasteiger charge is 2.01. The summed E-state index contributed by atoms with van der Waals surface area (Å²) < 4.78 is 0. The van der Waals surface area contributed by atoms with E-state index in [9.17, 15) is 9.90 Å². The fourth-order valence-electron chi connectivity index (χ4n) is 2.21. The molecule has 0 atom stereocenters. The van der Waals surface area contributed by atoms with Crippen LogP contribution in [0.1, 0.15) is 35.6 Å². The maximum atomic E-state index is 11.3. The smallest absolute Gasteiger partial charge is 0.224 e. The number of benzene rings is 2. The van der Waals surface area contributed by atoms with E-state index in [0.29, 0.717) is 12.2 Å². The lowest BCUT2D eigenvalue weighted by atomic mass is 10.0. The van der Waals surface area contributed by atoms with Gasteiger partial charge in [0.2, 0.25) is 5.91 Å². The summed E-state index contributed by atoms with van der Waals surface area (Å²) in [5.74, 6) is 0.367. The predicted octanol–water partition coefficient (Wildman–Crippen LogP) is 4.53. The van der Waals surface area contributed by atoms with Crippen LogP contribution in [0.2, 0.25) is 0 Å². The Morgan fingerprint density at radius 1 is 1.05 bits per heavy atom. The van der Waals surface area contributed by atoms with Crippen molar-refractivity contribution in [3.63, 3.8) is 0 Å². The second kappa shape index (κ2) is 6.94. The minimum absolute atomic E-state index is 0.0123. The molecule has 3 heteroatoms. The van der Waals surface area contributed by atoms with E-state index >= 15 is 0 Å². The lowest BCUT2D eigenvalue weighted by Gasteiger charge is -2.05. The Labute approximate surface area is 131 Å². The lowest BCUT2D eigenvalue weighted by molar-refractivity contribution is -0.115. The molecule has 2 aromatic carbocycles. The number of rotatable bonds is 4. The molecule has 114 valence electrons. The molecule has 2 aromatic rings. The van der Waals surface area contributed by atoms with Crippen LogP contribution in [0.15, 0.2) is 36.4 Å². The summed E-state index contributed by atoms with van der Waals surface area (Å²) in [6.45, 7) is 5.61. The zero-order chi connectivity index (χ0) is 16.1. The molecule has 3 nitrogen and oxygen atoms in total. The third-order valence-corrected chi connectivity index (χ3v) is 3.50. The Morgan fingerprint density at radius 3 is 2.14 bits per heavy atom. The molecule has 0 aliphatic rings. The maximum absolute atomic E-state index is 11.3. The molecule has 0 heterocycles. The zero-order valence-electron chi connectivity index (χ0n) is 13.2. The van der Waals surface area contributed by atoms with E-state index in [4.69, 9.17) is 0 Å². The van der Waals surface area contributed by atoms with E-state index in [1.807, 2.05) is 69.3 Å². The van der Waals surface area contributed by atoms with Gasteiger partial charge in [0.05, 0.1) is 0 Å². The highest BCUT2D eigenvalue weighted by molar-refractivity contribution is 5.90. The quantitative estimate of drug-likeness (QED) is 0.814. The SMILES string of the molecule is CCC(=O)Nc1ccc(/C=C/c2cc(C)c(O)c(C)c2)cc1. The van der Waals surface area contributed by atoms with Gasteiger partial charge in [-0.3, -0.25) is 4.79 Å². The molecule has 0 spiro atoms. The van der Waals surface area contributed by atoms with E-state index in [1.165, 1.54) is 0 Å². The van der Waals surface area contributed by atoms with E-state index in [2.05, 4.69) is 5.32 Å². The van der Waals surface area contributed by atoms with E-state index in [-0.39, 0.29) is 5.91 Å². The fourth-order valence-corrected chi connectivity index (χ4v) is 2.21. The average Bonchev–Trinajstić information content (AvgIpc) is 2.51. The number of phenolic OH excluding ortho intramolecular Hbond substituents is 1. The fraction of sp³-hybridized carbons (Fsp3) is 0.211.